The van der Waals surface area contributed by atoms with Crippen LogP contribution in [0.25, 0.3) is 0 Å². The van der Waals surface area contributed by atoms with E-state index in [0.717, 1.165) is 42.4 Å². The Labute approximate surface area is 304 Å². The van der Waals surface area contributed by atoms with E-state index in [9.17, 15) is 24.0 Å². The number of nitrogens with two attached hydrogens (primary N) is 1. The lowest BCUT2D eigenvalue weighted by molar-refractivity contribution is -0.159. The number of carbonyl (C=O) groups is 5. The number of carbonyl (C=O) groups excluding carboxylic acids is 5. The van der Waals surface area contributed by atoms with Crippen LogP contribution >= 0.6 is 0 Å². The standard InChI is InChI=1S/C40H60N4O7/c1-10-11-12-13-17-24-44(36(47)31(22-23-33(41)45)43-38(49)51-40(7,8)9)34(30-25-27(2)20-21-28(30)3)35(46)42-32(37(48)50-39(4,5)6)26-29-18-15-14-16-19-29/h14-16,18-21,25,31-32,34H,10-13,17,22-24,26H2,1-9H3,(H2,41,45)(H,42,46)(H,43,49). The Morgan fingerprint density at radius 2 is 1.43 bits per heavy atom. The minimum absolute atomic E-state index is 0.102. The molecule has 3 unspecified atom stereocenters. The largest absolute Gasteiger partial charge is 0.458 e. The number of aryl methyl sites for hydroxylation is 2. The van der Waals surface area contributed by atoms with Crippen molar-refractivity contribution < 1.29 is 33.4 Å². The molecule has 4 N–H and O–H groups in total. The molecule has 0 radical (unpaired) electrons. The zero-order chi connectivity index (χ0) is 38.4. The average Bonchev–Trinajstić information content (AvgIpc) is 3.02. The van der Waals surface area contributed by atoms with Crippen molar-refractivity contribution in [2.75, 3.05) is 6.54 Å². The first-order chi connectivity index (χ1) is 23.8. The summed E-state index contributed by atoms with van der Waals surface area (Å²) in [5.74, 6) is -2.41. The van der Waals surface area contributed by atoms with Gasteiger partial charge in [-0.2, -0.15) is 0 Å². The Hall–Kier alpha value is -4.41. The molecule has 0 saturated carbocycles. The summed E-state index contributed by atoms with van der Waals surface area (Å²) in [7, 11) is 0. The molecule has 0 aliphatic rings. The Bertz CT molecular complexity index is 1460. The van der Waals surface area contributed by atoms with Crippen molar-refractivity contribution in [3.8, 4) is 0 Å². The Morgan fingerprint density at radius 1 is 0.804 bits per heavy atom. The fourth-order valence-corrected chi connectivity index (χ4v) is 5.62. The highest BCUT2D eigenvalue weighted by molar-refractivity contribution is 5.94. The molecule has 0 spiro atoms. The second-order valence-corrected chi connectivity index (χ2v) is 15.2. The van der Waals surface area contributed by atoms with Gasteiger partial charge in [-0.25, -0.2) is 9.59 Å². The van der Waals surface area contributed by atoms with Crippen LogP contribution in [-0.2, 0) is 35.1 Å². The first kappa shape index (κ1) is 42.8. The fourth-order valence-electron chi connectivity index (χ4n) is 5.62. The summed E-state index contributed by atoms with van der Waals surface area (Å²) in [5, 5.41) is 5.59. The molecule has 0 bridgehead atoms. The van der Waals surface area contributed by atoms with E-state index in [0.29, 0.717) is 12.0 Å². The van der Waals surface area contributed by atoms with E-state index in [4.69, 9.17) is 15.2 Å². The third kappa shape index (κ3) is 15.6. The summed E-state index contributed by atoms with van der Waals surface area (Å²) in [6.07, 6.45) is 3.41. The molecule has 2 aromatic carbocycles. The van der Waals surface area contributed by atoms with Crippen LogP contribution < -0.4 is 16.4 Å². The molecule has 0 aliphatic heterocycles. The van der Waals surface area contributed by atoms with Gasteiger partial charge < -0.3 is 30.7 Å². The van der Waals surface area contributed by atoms with Gasteiger partial charge in [0.15, 0.2) is 0 Å². The number of rotatable bonds is 18. The Kier molecular flexibility index (Phi) is 16.6. The van der Waals surface area contributed by atoms with Crippen LogP contribution in [0, 0.1) is 13.8 Å². The molecule has 0 aromatic heterocycles. The summed E-state index contributed by atoms with van der Waals surface area (Å²) in [4.78, 5) is 69.5. The van der Waals surface area contributed by atoms with Crippen LogP contribution in [0.5, 0.6) is 0 Å². The van der Waals surface area contributed by atoms with Gasteiger partial charge in [-0.15, -0.1) is 0 Å². The molecular weight excluding hydrogens is 648 g/mol. The van der Waals surface area contributed by atoms with Gasteiger partial charge in [0.25, 0.3) is 0 Å². The number of nitrogens with one attached hydrogen (secondary N) is 2. The van der Waals surface area contributed by atoms with E-state index in [2.05, 4.69) is 17.6 Å². The van der Waals surface area contributed by atoms with Gasteiger partial charge in [-0.1, -0.05) is 86.7 Å². The van der Waals surface area contributed by atoms with Gasteiger partial charge in [0.05, 0.1) is 0 Å². The van der Waals surface area contributed by atoms with Crippen LogP contribution in [0.1, 0.15) is 122 Å². The van der Waals surface area contributed by atoms with Crippen LogP contribution in [0.2, 0.25) is 0 Å². The number of alkyl carbamates (subject to hydrolysis) is 1. The van der Waals surface area contributed by atoms with E-state index in [-0.39, 0.29) is 25.8 Å². The van der Waals surface area contributed by atoms with Crippen molar-refractivity contribution in [3.05, 3.63) is 70.8 Å². The highest BCUT2D eigenvalue weighted by Crippen LogP contribution is 2.28. The number of hydrogen-bond donors (Lipinski definition) is 3. The summed E-state index contributed by atoms with van der Waals surface area (Å²) in [5.41, 5.74) is 6.84. The Balaban J connectivity index is 2.70. The van der Waals surface area contributed by atoms with Gasteiger partial charge >= 0.3 is 12.1 Å². The fraction of sp³-hybridized carbons (Fsp3) is 0.575. The van der Waals surface area contributed by atoms with Crippen molar-refractivity contribution in [1.29, 1.82) is 0 Å². The van der Waals surface area contributed by atoms with Gasteiger partial charge in [0, 0.05) is 19.4 Å². The monoisotopic (exact) mass is 708 g/mol. The molecule has 2 rings (SSSR count). The van der Waals surface area contributed by atoms with Gasteiger partial charge in [0.2, 0.25) is 17.7 Å². The van der Waals surface area contributed by atoms with E-state index in [1.54, 1.807) is 41.5 Å². The van der Waals surface area contributed by atoms with E-state index in [1.807, 2.05) is 62.4 Å². The quantitative estimate of drug-likeness (QED) is 0.120. The van der Waals surface area contributed by atoms with Crippen LogP contribution in [-0.4, -0.2) is 64.5 Å². The first-order valence-corrected chi connectivity index (χ1v) is 18.0. The molecule has 3 atom stereocenters. The topological polar surface area (TPSA) is 157 Å². The van der Waals surface area contributed by atoms with Crippen LogP contribution in [0.4, 0.5) is 4.79 Å². The van der Waals surface area contributed by atoms with Crippen molar-refractivity contribution >= 4 is 29.8 Å². The Morgan fingerprint density at radius 3 is 2.02 bits per heavy atom. The zero-order valence-corrected chi connectivity index (χ0v) is 32.1. The smallest absolute Gasteiger partial charge is 0.408 e. The molecule has 282 valence electrons. The third-order valence-electron chi connectivity index (χ3n) is 8.03. The average molecular weight is 709 g/mol. The molecule has 11 nitrogen and oxygen atoms in total. The number of amides is 4. The minimum Gasteiger partial charge on any atom is -0.458 e. The SMILES string of the molecule is CCCCCCCN(C(=O)C(CCC(N)=O)NC(=O)OC(C)(C)C)C(C(=O)NC(Cc1ccccc1)C(=O)OC(C)(C)C)c1cc(C)ccc1C. The highest BCUT2D eigenvalue weighted by Gasteiger charge is 2.39. The maximum Gasteiger partial charge on any atom is 0.408 e. The van der Waals surface area contributed by atoms with Crippen molar-refractivity contribution in [3.63, 3.8) is 0 Å². The molecule has 0 heterocycles. The first-order valence-electron chi connectivity index (χ1n) is 18.0. The minimum atomic E-state index is -1.23. The van der Waals surface area contributed by atoms with E-state index in [1.165, 1.54) is 4.90 Å². The number of nitrogens with zero attached hydrogens (tertiary/aromatic N) is 1. The molecule has 0 aliphatic carbocycles. The predicted molar refractivity (Wildman–Crippen MR) is 199 cm³/mol. The highest BCUT2D eigenvalue weighted by atomic mass is 16.6. The summed E-state index contributed by atoms with van der Waals surface area (Å²) in [6, 6.07) is 11.5. The van der Waals surface area contributed by atoms with E-state index >= 15 is 0 Å². The molecule has 51 heavy (non-hydrogen) atoms. The predicted octanol–water partition coefficient (Wildman–Crippen LogP) is 6.37. The normalized spacial score (nSPS) is 13.4. The maximum atomic E-state index is 14.8. The third-order valence-corrected chi connectivity index (χ3v) is 8.03. The molecular formula is C40H60N4O7. The molecule has 4 amide bonds. The number of benzene rings is 2. The summed E-state index contributed by atoms with van der Waals surface area (Å²) >= 11 is 0. The number of unbranched alkanes of at least 4 members (excludes halogenated alkanes) is 4. The van der Waals surface area contributed by atoms with Crippen LogP contribution in [0.15, 0.2) is 48.5 Å². The number of hydrogen-bond acceptors (Lipinski definition) is 7. The lowest BCUT2D eigenvalue weighted by Gasteiger charge is -2.36. The number of primary amides is 1. The molecule has 0 fully saturated rings. The zero-order valence-electron chi connectivity index (χ0n) is 32.1. The van der Waals surface area contributed by atoms with Gasteiger partial charge in [-0.3, -0.25) is 14.4 Å². The lowest BCUT2D eigenvalue weighted by atomic mass is 9.94. The van der Waals surface area contributed by atoms with Gasteiger partial charge in [0.1, 0.15) is 29.3 Å². The van der Waals surface area contributed by atoms with Crippen LogP contribution in [0.3, 0.4) is 0 Å². The maximum absolute atomic E-state index is 14.8. The number of ether oxygens (including phenoxy) is 2. The van der Waals surface area contributed by atoms with E-state index < -0.39 is 59.1 Å². The second kappa shape index (κ2) is 19.8. The van der Waals surface area contributed by atoms with Crippen molar-refractivity contribution in [2.45, 2.75) is 143 Å². The summed E-state index contributed by atoms with van der Waals surface area (Å²) < 4.78 is 11.2. The summed E-state index contributed by atoms with van der Waals surface area (Å²) in [6.45, 7) is 16.4. The lowest BCUT2D eigenvalue weighted by Crippen LogP contribution is -2.55. The molecule has 2 aromatic rings. The van der Waals surface area contributed by atoms with Crippen molar-refractivity contribution in [2.24, 2.45) is 5.73 Å². The number of esters is 1. The second-order valence-electron chi connectivity index (χ2n) is 15.2. The van der Waals surface area contributed by atoms with Crippen molar-refractivity contribution in [1.82, 2.24) is 15.5 Å². The molecule has 0 saturated heterocycles. The molecule has 11 heteroatoms. The van der Waals surface area contributed by atoms with Gasteiger partial charge in [-0.05, 0) is 84.9 Å².